The van der Waals surface area contributed by atoms with E-state index in [-0.39, 0.29) is 17.6 Å². The summed E-state index contributed by atoms with van der Waals surface area (Å²) in [7, 11) is 0. The molecule has 1 aliphatic rings. The van der Waals surface area contributed by atoms with E-state index >= 15 is 0 Å². The van der Waals surface area contributed by atoms with Crippen LogP contribution in [0.5, 0.6) is 0 Å². The van der Waals surface area contributed by atoms with Crippen LogP contribution in [0.25, 0.3) is 0 Å². The molecule has 33 heavy (non-hydrogen) atoms. The van der Waals surface area contributed by atoms with Crippen LogP contribution in [-0.4, -0.2) is 39.0 Å². The maximum Gasteiger partial charge on any atom is 0.341 e. The first-order chi connectivity index (χ1) is 16.0. The second-order valence-corrected chi connectivity index (χ2v) is 11.1. The maximum absolute atomic E-state index is 12.8. The fourth-order valence-corrected chi connectivity index (χ4v) is 6.93. The predicted molar refractivity (Wildman–Crippen MR) is 134 cm³/mol. The first-order valence-corrected chi connectivity index (χ1v) is 13.9. The molecule has 3 heterocycles. The molecule has 0 spiro atoms. The van der Waals surface area contributed by atoms with Gasteiger partial charge in [0.2, 0.25) is 5.91 Å². The van der Waals surface area contributed by atoms with E-state index in [2.05, 4.69) is 33.9 Å². The lowest BCUT2D eigenvalue weighted by molar-refractivity contribution is -0.113. The van der Waals surface area contributed by atoms with Gasteiger partial charge in [-0.15, -0.1) is 32.9 Å². The molecule has 1 N–H and O–H groups in total. The van der Waals surface area contributed by atoms with E-state index in [0.29, 0.717) is 23.1 Å². The summed E-state index contributed by atoms with van der Waals surface area (Å²) >= 11 is 4.57. The van der Waals surface area contributed by atoms with Crippen molar-refractivity contribution < 1.29 is 14.3 Å². The van der Waals surface area contributed by atoms with Gasteiger partial charge in [0.05, 0.1) is 17.9 Å². The van der Waals surface area contributed by atoms with Crippen LogP contribution in [0.15, 0.2) is 22.7 Å². The van der Waals surface area contributed by atoms with Gasteiger partial charge in [-0.25, -0.2) is 4.79 Å². The van der Waals surface area contributed by atoms with Crippen molar-refractivity contribution in [2.24, 2.45) is 5.92 Å². The van der Waals surface area contributed by atoms with Crippen LogP contribution >= 0.6 is 34.4 Å². The average molecular weight is 505 g/mol. The Morgan fingerprint density at radius 3 is 2.91 bits per heavy atom. The molecule has 176 valence electrons. The zero-order valence-electron chi connectivity index (χ0n) is 19.1. The highest BCUT2D eigenvalue weighted by Gasteiger charge is 2.29. The summed E-state index contributed by atoms with van der Waals surface area (Å²) in [6, 6.07) is 4.11. The van der Waals surface area contributed by atoms with Crippen molar-refractivity contribution in [2.75, 3.05) is 17.7 Å². The van der Waals surface area contributed by atoms with Crippen LogP contribution in [0, 0.1) is 5.92 Å². The van der Waals surface area contributed by atoms with E-state index in [4.69, 9.17) is 4.74 Å². The second kappa shape index (κ2) is 10.8. The first kappa shape index (κ1) is 24.0. The van der Waals surface area contributed by atoms with Crippen LogP contribution in [-0.2, 0) is 35.3 Å². The molecular weight excluding hydrogens is 476 g/mol. The monoisotopic (exact) mass is 504 g/mol. The Morgan fingerprint density at radius 1 is 1.33 bits per heavy atom. The minimum atomic E-state index is -0.351. The third-order valence-corrected chi connectivity index (χ3v) is 8.61. The van der Waals surface area contributed by atoms with Gasteiger partial charge in [0.15, 0.2) is 5.16 Å². The number of hydrogen-bond donors (Lipinski definition) is 1. The summed E-state index contributed by atoms with van der Waals surface area (Å²) in [6.45, 7) is 7.11. The molecule has 1 aliphatic carbocycles. The van der Waals surface area contributed by atoms with Crippen molar-refractivity contribution in [3.63, 3.8) is 0 Å². The van der Waals surface area contributed by atoms with Crippen molar-refractivity contribution >= 4 is 51.3 Å². The number of rotatable bonds is 9. The Bertz CT molecular complexity index is 1120. The highest BCUT2D eigenvalue weighted by Crippen LogP contribution is 2.40. The van der Waals surface area contributed by atoms with E-state index in [1.807, 2.05) is 17.6 Å². The van der Waals surface area contributed by atoms with Crippen molar-refractivity contribution in [3.05, 3.63) is 44.2 Å². The largest absolute Gasteiger partial charge is 0.462 e. The smallest absolute Gasteiger partial charge is 0.341 e. The van der Waals surface area contributed by atoms with E-state index < -0.39 is 0 Å². The third-order valence-electron chi connectivity index (χ3n) is 5.60. The Morgan fingerprint density at radius 2 is 2.18 bits per heavy atom. The topological polar surface area (TPSA) is 86.1 Å². The van der Waals surface area contributed by atoms with Crippen LogP contribution in [0.1, 0.15) is 58.7 Å². The molecular formula is C23H28N4O3S3. The number of hydrogen-bond acceptors (Lipinski definition) is 8. The zero-order chi connectivity index (χ0) is 23.4. The number of fused-ring (bicyclic) bond motifs is 1. The molecule has 7 nitrogen and oxygen atoms in total. The SMILES string of the molecule is CCOC(=O)c1c(NC(=O)CSc2nnc(Cc3cccs3)n2CC)sc2c1CCC(C)C2. The van der Waals surface area contributed by atoms with E-state index in [1.54, 1.807) is 18.3 Å². The highest BCUT2D eigenvalue weighted by molar-refractivity contribution is 7.99. The zero-order valence-corrected chi connectivity index (χ0v) is 21.5. The van der Waals surface area contributed by atoms with Gasteiger partial charge in [0.1, 0.15) is 10.8 Å². The number of carbonyl (C=O) groups excluding carboxylic acids is 2. The fourth-order valence-electron chi connectivity index (χ4n) is 3.99. The lowest BCUT2D eigenvalue weighted by Gasteiger charge is -2.18. The number of amides is 1. The minimum absolute atomic E-state index is 0.164. The van der Waals surface area contributed by atoms with E-state index in [0.717, 1.165) is 48.8 Å². The lowest BCUT2D eigenvalue weighted by atomic mass is 9.88. The van der Waals surface area contributed by atoms with Gasteiger partial charge in [-0.3, -0.25) is 4.79 Å². The quantitative estimate of drug-likeness (QED) is 0.324. The molecule has 3 aromatic rings. The number of nitrogens with one attached hydrogen (secondary N) is 1. The normalized spacial score (nSPS) is 15.3. The molecule has 0 saturated heterocycles. The first-order valence-electron chi connectivity index (χ1n) is 11.2. The summed E-state index contributed by atoms with van der Waals surface area (Å²) < 4.78 is 7.35. The van der Waals surface area contributed by atoms with Crippen LogP contribution in [0.3, 0.4) is 0 Å². The lowest BCUT2D eigenvalue weighted by Crippen LogP contribution is -2.18. The van der Waals surface area contributed by atoms with Crippen molar-refractivity contribution in [1.82, 2.24) is 14.8 Å². The van der Waals surface area contributed by atoms with E-state index in [1.165, 1.54) is 32.9 Å². The van der Waals surface area contributed by atoms with Gasteiger partial charge < -0.3 is 14.6 Å². The number of anilines is 1. The molecule has 0 saturated carbocycles. The van der Waals surface area contributed by atoms with Crippen LogP contribution < -0.4 is 5.32 Å². The van der Waals surface area contributed by atoms with Gasteiger partial charge in [0.25, 0.3) is 0 Å². The summed E-state index contributed by atoms with van der Waals surface area (Å²) in [5, 5.41) is 15.0. The molecule has 0 bridgehead atoms. The number of ether oxygens (including phenoxy) is 1. The number of nitrogens with zero attached hydrogens (tertiary/aromatic N) is 3. The molecule has 10 heteroatoms. The molecule has 0 fully saturated rings. The standard InChI is InChI=1S/C23H28N4O3S3/c1-4-27-18(12-15-7-6-10-31-15)25-26-23(27)32-13-19(28)24-21-20(22(29)30-5-2)16-9-8-14(3)11-17(16)33-21/h6-7,10,14H,4-5,8-9,11-13H2,1-3H3,(H,24,28). The average Bonchev–Trinajstić information content (AvgIpc) is 3.51. The molecule has 0 aromatic carbocycles. The maximum atomic E-state index is 12.8. The van der Waals surface area contributed by atoms with Gasteiger partial charge >= 0.3 is 5.97 Å². The number of esters is 1. The van der Waals surface area contributed by atoms with Crippen molar-refractivity contribution in [2.45, 2.75) is 58.2 Å². The molecule has 4 rings (SSSR count). The molecule has 0 aliphatic heterocycles. The van der Waals surface area contributed by atoms with Gasteiger partial charge in [0, 0.05) is 22.7 Å². The summed E-state index contributed by atoms with van der Waals surface area (Å²) in [5.74, 6) is 1.15. The predicted octanol–water partition coefficient (Wildman–Crippen LogP) is 5.04. The molecule has 1 atom stereocenters. The Hall–Kier alpha value is -2.17. The Kier molecular flexibility index (Phi) is 7.87. The minimum Gasteiger partial charge on any atom is -0.462 e. The van der Waals surface area contributed by atoms with Crippen molar-refractivity contribution in [1.29, 1.82) is 0 Å². The van der Waals surface area contributed by atoms with Gasteiger partial charge in [-0.05, 0) is 56.0 Å². The summed E-state index contributed by atoms with van der Waals surface area (Å²) in [4.78, 5) is 27.9. The molecule has 1 unspecified atom stereocenters. The number of carbonyl (C=O) groups is 2. The highest BCUT2D eigenvalue weighted by atomic mass is 32.2. The molecule has 1 amide bonds. The van der Waals surface area contributed by atoms with Gasteiger partial charge in [-0.2, -0.15) is 0 Å². The number of thiophene rings is 2. The summed E-state index contributed by atoms with van der Waals surface area (Å²) in [6.07, 6.45) is 3.55. The van der Waals surface area contributed by atoms with Crippen LogP contribution in [0.4, 0.5) is 5.00 Å². The molecule has 0 radical (unpaired) electrons. The summed E-state index contributed by atoms with van der Waals surface area (Å²) in [5.41, 5.74) is 1.58. The Labute approximate surface area is 206 Å². The Balaban J connectivity index is 1.45. The number of aromatic nitrogens is 3. The second-order valence-electron chi connectivity index (χ2n) is 8.01. The fraction of sp³-hybridized carbons (Fsp3) is 0.478. The molecule has 3 aromatic heterocycles. The van der Waals surface area contributed by atoms with E-state index in [9.17, 15) is 9.59 Å². The number of thioether (sulfide) groups is 1. The van der Waals surface area contributed by atoms with Gasteiger partial charge in [-0.1, -0.05) is 24.8 Å². The third kappa shape index (κ3) is 5.50. The van der Waals surface area contributed by atoms with Crippen molar-refractivity contribution in [3.8, 4) is 0 Å². The van der Waals surface area contributed by atoms with Crippen LogP contribution in [0.2, 0.25) is 0 Å².